The molecule has 0 aliphatic carbocycles. The summed E-state index contributed by atoms with van der Waals surface area (Å²) in [6, 6.07) is 8.03. The van der Waals surface area contributed by atoms with E-state index < -0.39 is 70.4 Å². The predicted octanol–water partition coefficient (Wildman–Crippen LogP) is 7.49. The van der Waals surface area contributed by atoms with Gasteiger partial charge in [-0.25, -0.2) is 8.78 Å². The van der Waals surface area contributed by atoms with E-state index >= 15 is 8.78 Å². The highest BCUT2D eigenvalue weighted by Gasteiger charge is 2.37. The number of aromatic nitrogens is 1. The molecule has 0 saturated carbocycles. The summed E-state index contributed by atoms with van der Waals surface area (Å²) in [5.41, 5.74) is -2.07. The zero-order valence-corrected chi connectivity index (χ0v) is 29.0. The number of methoxy groups -OCH3 is 1. The number of hydrogen-bond donors (Lipinski definition) is 2. The number of alkyl halides is 3. The van der Waals surface area contributed by atoms with E-state index in [9.17, 15) is 32.7 Å². The predicted molar refractivity (Wildman–Crippen MR) is 179 cm³/mol. The molecule has 0 aliphatic rings. The van der Waals surface area contributed by atoms with Crippen molar-refractivity contribution < 1.29 is 46.1 Å². The standard InChI is InChI=1S/C36H34BrF5N2O6/c1-5-50-31(47)17-28(25-14-22(13-20(3)33(25)39)32-19(2)7-6-8-29(32)45)43-35(48)34(24-15-23(37)9-10-27(24)38)44-18-21(11-12-49-4)26(16-30(44)46)36(40,41)42/h6-10,13-16,18,28,34,45H,5,11-12,17H2,1-4H3,(H,43,48)/t28-,34?/m0/s1. The normalized spacial score (nSPS) is 12.8. The van der Waals surface area contributed by atoms with Crippen LogP contribution in [-0.4, -0.2) is 41.9 Å². The van der Waals surface area contributed by atoms with E-state index in [0.29, 0.717) is 27.3 Å². The summed E-state index contributed by atoms with van der Waals surface area (Å²) in [6.07, 6.45) is -5.04. The summed E-state index contributed by atoms with van der Waals surface area (Å²) in [6.45, 7) is 4.50. The number of aryl methyl sites for hydroxylation is 2. The van der Waals surface area contributed by atoms with Gasteiger partial charge < -0.3 is 19.9 Å². The van der Waals surface area contributed by atoms with Crippen LogP contribution in [0.3, 0.4) is 0 Å². The lowest BCUT2D eigenvalue weighted by molar-refractivity contribution is -0.144. The quantitative estimate of drug-likeness (QED) is 0.115. The summed E-state index contributed by atoms with van der Waals surface area (Å²) >= 11 is 3.21. The maximum atomic E-state index is 16.0. The highest BCUT2D eigenvalue weighted by molar-refractivity contribution is 9.10. The number of halogens is 6. The maximum absolute atomic E-state index is 16.0. The molecule has 1 aromatic heterocycles. The number of carbonyl (C=O) groups is 2. The molecular formula is C36H34BrF5N2O6. The van der Waals surface area contributed by atoms with Crippen LogP contribution in [0.2, 0.25) is 0 Å². The van der Waals surface area contributed by atoms with Crippen LogP contribution in [0, 0.1) is 25.5 Å². The molecule has 0 bridgehead atoms. The molecule has 0 aliphatic heterocycles. The number of phenolic OH excluding ortho intramolecular Hbond substituents is 1. The number of hydrogen-bond acceptors (Lipinski definition) is 6. The molecule has 4 rings (SSSR count). The number of esters is 1. The number of nitrogens with one attached hydrogen (secondary N) is 1. The minimum atomic E-state index is -4.93. The highest BCUT2D eigenvalue weighted by Crippen LogP contribution is 2.37. The molecule has 0 saturated heterocycles. The fourth-order valence-electron chi connectivity index (χ4n) is 5.71. The first-order valence-corrected chi connectivity index (χ1v) is 16.2. The Hall–Kier alpha value is -4.56. The van der Waals surface area contributed by atoms with Crippen LogP contribution in [0.5, 0.6) is 5.75 Å². The van der Waals surface area contributed by atoms with Crippen molar-refractivity contribution in [2.45, 2.75) is 51.9 Å². The Morgan fingerprint density at radius 2 is 1.74 bits per heavy atom. The number of aromatic hydroxyl groups is 1. The molecule has 266 valence electrons. The monoisotopic (exact) mass is 764 g/mol. The van der Waals surface area contributed by atoms with Crippen LogP contribution in [0.4, 0.5) is 22.0 Å². The molecule has 1 heterocycles. The summed E-state index contributed by atoms with van der Waals surface area (Å²) in [7, 11) is 1.27. The Morgan fingerprint density at radius 1 is 1.02 bits per heavy atom. The molecule has 0 spiro atoms. The van der Waals surface area contributed by atoms with Crippen LogP contribution in [0.1, 0.15) is 58.8 Å². The van der Waals surface area contributed by atoms with Crippen molar-refractivity contribution in [2.75, 3.05) is 20.3 Å². The van der Waals surface area contributed by atoms with Gasteiger partial charge in [-0.3, -0.25) is 19.0 Å². The van der Waals surface area contributed by atoms with Gasteiger partial charge in [0.25, 0.3) is 5.56 Å². The fourth-order valence-corrected chi connectivity index (χ4v) is 6.09. The van der Waals surface area contributed by atoms with Gasteiger partial charge in [-0.1, -0.05) is 28.1 Å². The second-order valence-corrected chi connectivity index (χ2v) is 12.4. The minimum Gasteiger partial charge on any atom is -0.507 e. The maximum Gasteiger partial charge on any atom is 0.416 e. The van der Waals surface area contributed by atoms with E-state index in [0.717, 1.165) is 12.3 Å². The number of phenols is 1. The first kappa shape index (κ1) is 38.2. The van der Waals surface area contributed by atoms with E-state index in [1.165, 1.54) is 44.4 Å². The van der Waals surface area contributed by atoms with Gasteiger partial charge in [0.15, 0.2) is 0 Å². The van der Waals surface area contributed by atoms with Crippen LogP contribution in [0.25, 0.3) is 11.1 Å². The van der Waals surface area contributed by atoms with E-state index in [-0.39, 0.29) is 41.0 Å². The molecule has 1 unspecified atom stereocenters. The lowest BCUT2D eigenvalue weighted by atomic mass is 9.92. The third-order valence-corrected chi connectivity index (χ3v) is 8.51. The average molecular weight is 766 g/mol. The van der Waals surface area contributed by atoms with E-state index in [1.807, 2.05) is 0 Å². The topological polar surface area (TPSA) is 107 Å². The molecule has 0 fully saturated rings. The zero-order valence-electron chi connectivity index (χ0n) is 27.5. The Bertz CT molecular complexity index is 1940. The van der Waals surface area contributed by atoms with E-state index in [4.69, 9.17) is 9.47 Å². The van der Waals surface area contributed by atoms with Crippen LogP contribution < -0.4 is 10.9 Å². The minimum absolute atomic E-state index is 0.0464. The van der Waals surface area contributed by atoms with Crippen molar-refractivity contribution in [3.05, 3.63) is 121 Å². The SMILES string of the molecule is CCOC(=O)C[C@H](NC(=O)C(c1cc(Br)ccc1F)n1cc(CCOC)c(C(F)(F)F)cc1=O)c1cc(-c2c(C)cccc2O)cc(C)c1F. The first-order chi connectivity index (χ1) is 23.6. The molecule has 0 radical (unpaired) electrons. The van der Waals surface area contributed by atoms with Crippen molar-refractivity contribution in [1.29, 1.82) is 0 Å². The van der Waals surface area contributed by atoms with Gasteiger partial charge in [-0.2, -0.15) is 13.2 Å². The number of pyridine rings is 1. The number of nitrogens with zero attached hydrogens (tertiary/aromatic N) is 1. The van der Waals surface area contributed by atoms with Gasteiger partial charge >= 0.3 is 12.1 Å². The Morgan fingerprint density at radius 3 is 2.38 bits per heavy atom. The van der Waals surface area contributed by atoms with Crippen molar-refractivity contribution in [2.24, 2.45) is 0 Å². The second kappa shape index (κ2) is 16.0. The largest absolute Gasteiger partial charge is 0.507 e. The van der Waals surface area contributed by atoms with Crippen molar-refractivity contribution in [3.63, 3.8) is 0 Å². The van der Waals surface area contributed by atoms with Gasteiger partial charge in [-0.05, 0) is 85.8 Å². The average Bonchev–Trinajstić information content (AvgIpc) is 3.03. The van der Waals surface area contributed by atoms with Crippen LogP contribution >= 0.6 is 15.9 Å². The molecule has 2 atom stereocenters. The van der Waals surface area contributed by atoms with Crippen molar-refractivity contribution >= 4 is 27.8 Å². The summed E-state index contributed by atoms with van der Waals surface area (Å²) in [5, 5.41) is 13.2. The molecule has 3 aromatic carbocycles. The van der Waals surface area contributed by atoms with Gasteiger partial charge in [0.05, 0.1) is 31.2 Å². The van der Waals surface area contributed by atoms with Gasteiger partial charge in [0.2, 0.25) is 5.91 Å². The lowest BCUT2D eigenvalue weighted by Crippen LogP contribution is -2.41. The summed E-state index contributed by atoms with van der Waals surface area (Å²) < 4.78 is 84.4. The number of ether oxygens (including phenoxy) is 2. The zero-order chi connectivity index (χ0) is 36.9. The molecule has 1 amide bonds. The number of carbonyl (C=O) groups excluding carboxylic acids is 2. The molecule has 2 N–H and O–H groups in total. The third kappa shape index (κ3) is 8.59. The Kier molecular flexibility index (Phi) is 12.2. The van der Waals surface area contributed by atoms with E-state index in [2.05, 4.69) is 21.2 Å². The number of amides is 1. The number of rotatable bonds is 12. The van der Waals surface area contributed by atoms with Gasteiger partial charge in [-0.15, -0.1) is 0 Å². The van der Waals surface area contributed by atoms with Crippen LogP contribution in [0.15, 0.2) is 70.1 Å². The van der Waals surface area contributed by atoms with Crippen LogP contribution in [-0.2, 0) is 31.7 Å². The van der Waals surface area contributed by atoms with E-state index in [1.54, 1.807) is 26.0 Å². The van der Waals surface area contributed by atoms with Gasteiger partial charge in [0, 0.05) is 40.5 Å². The fraction of sp³-hybridized carbons (Fsp3) is 0.306. The molecular weight excluding hydrogens is 731 g/mol. The molecule has 8 nitrogen and oxygen atoms in total. The highest BCUT2D eigenvalue weighted by atomic mass is 79.9. The Balaban J connectivity index is 1.94. The first-order valence-electron chi connectivity index (χ1n) is 15.4. The third-order valence-electron chi connectivity index (χ3n) is 8.01. The molecule has 14 heteroatoms. The second-order valence-electron chi connectivity index (χ2n) is 11.5. The summed E-state index contributed by atoms with van der Waals surface area (Å²) in [4.78, 5) is 40.5. The van der Waals surface area contributed by atoms with Crippen molar-refractivity contribution in [3.8, 4) is 16.9 Å². The molecule has 4 aromatic rings. The smallest absolute Gasteiger partial charge is 0.416 e. The van der Waals surface area contributed by atoms with Gasteiger partial charge in [0.1, 0.15) is 23.4 Å². The number of benzene rings is 3. The summed E-state index contributed by atoms with van der Waals surface area (Å²) in [5.74, 6) is -3.87. The lowest BCUT2D eigenvalue weighted by Gasteiger charge is -2.27. The van der Waals surface area contributed by atoms with Crippen molar-refractivity contribution in [1.82, 2.24) is 9.88 Å². The Labute approximate surface area is 293 Å². The molecule has 50 heavy (non-hydrogen) atoms.